The number of hydrogen-bond acceptors (Lipinski definition) is 4. The molecular weight excluding hydrogens is 254 g/mol. The predicted octanol–water partition coefficient (Wildman–Crippen LogP) is 0.100. The largest absolute Gasteiger partial charge is 0.368 e. The van der Waals surface area contributed by atoms with Crippen LogP contribution >= 0.6 is 0 Å². The quantitative estimate of drug-likeness (QED) is 0.805. The van der Waals surface area contributed by atoms with Crippen LogP contribution in [0.4, 0.5) is 0 Å². The molecule has 0 radical (unpaired) electrons. The van der Waals surface area contributed by atoms with E-state index in [1.807, 2.05) is 6.07 Å². The van der Waals surface area contributed by atoms with Crippen LogP contribution in [0.5, 0.6) is 0 Å². The smallest absolute Gasteiger partial charge is 0.241 e. The summed E-state index contributed by atoms with van der Waals surface area (Å²) in [6.07, 6.45) is 0. The van der Waals surface area contributed by atoms with Crippen LogP contribution in [-0.4, -0.2) is 19.9 Å². The Morgan fingerprint density at radius 3 is 2.22 bits per heavy atom. The lowest BCUT2D eigenvalue weighted by atomic mass is 10.1. The van der Waals surface area contributed by atoms with E-state index in [2.05, 4.69) is 4.72 Å². The van der Waals surface area contributed by atoms with E-state index in [4.69, 9.17) is 11.0 Å². The summed E-state index contributed by atoms with van der Waals surface area (Å²) in [5, 5.41) is 8.61. The normalized spacial score (nSPS) is 11.8. The Labute approximate surface area is 105 Å². The Kier molecular flexibility index (Phi) is 3.74. The van der Waals surface area contributed by atoms with Gasteiger partial charge in [-0.1, -0.05) is 0 Å². The number of benzene rings is 1. The number of nitrogens with one attached hydrogen (secondary N) is 1. The Bertz CT molecular complexity index is 597. The number of sulfonamides is 1. The molecule has 1 rings (SSSR count). The number of nitrogens with zero attached hydrogens (tertiary/aromatic N) is 1. The molecule has 18 heavy (non-hydrogen) atoms. The highest BCUT2D eigenvalue weighted by Gasteiger charge is 2.31. The molecule has 0 atom stereocenters. The van der Waals surface area contributed by atoms with Crippen LogP contribution in [0.2, 0.25) is 0 Å². The number of carbonyl (C=O) groups excluding carboxylic acids is 1. The first-order chi connectivity index (χ1) is 8.19. The van der Waals surface area contributed by atoms with Crippen molar-refractivity contribution in [2.75, 3.05) is 0 Å². The molecule has 0 saturated carbocycles. The number of rotatable bonds is 4. The van der Waals surface area contributed by atoms with Gasteiger partial charge in [0.1, 0.15) is 5.54 Å². The summed E-state index contributed by atoms with van der Waals surface area (Å²) in [5.74, 6) is -0.778. The molecule has 96 valence electrons. The maximum atomic E-state index is 12.0. The number of nitrogens with two attached hydrogens (primary N) is 1. The molecule has 0 unspecified atom stereocenters. The summed E-state index contributed by atoms with van der Waals surface area (Å²) >= 11 is 0. The van der Waals surface area contributed by atoms with Crippen molar-refractivity contribution < 1.29 is 13.2 Å². The van der Waals surface area contributed by atoms with Gasteiger partial charge in [0.05, 0.1) is 16.5 Å². The number of nitriles is 1. The van der Waals surface area contributed by atoms with Crippen molar-refractivity contribution in [3.8, 4) is 6.07 Å². The fourth-order valence-corrected chi connectivity index (χ4v) is 2.54. The molecule has 0 spiro atoms. The molecule has 0 saturated heterocycles. The van der Waals surface area contributed by atoms with Crippen molar-refractivity contribution in [3.63, 3.8) is 0 Å². The van der Waals surface area contributed by atoms with Gasteiger partial charge in [-0.25, -0.2) is 8.42 Å². The standard InChI is InChI=1S/C11H13N3O3S/c1-11(2,10(13)15)14-18(16,17)9-5-3-8(7-12)4-6-9/h3-6,14H,1-2H3,(H2,13,15). The Hall–Kier alpha value is -1.91. The number of primary amides is 1. The van der Waals surface area contributed by atoms with Gasteiger partial charge in [0, 0.05) is 0 Å². The van der Waals surface area contributed by atoms with Crippen LogP contribution in [0.25, 0.3) is 0 Å². The molecule has 1 amide bonds. The van der Waals surface area contributed by atoms with Gasteiger partial charge in [0.25, 0.3) is 0 Å². The summed E-state index contributed by atoms with van der Waals surface area (Å²) < 4.78 is 26.1. The molecule has 0 bridgehead atoms. The van der Waals surface area contributed by atoms with Crippen molar-refractivity contribution in [3.05, 3.63) is 29.8 Å². The molecule has 0 aromatic heterocycles. The molecule has 1 aromatic carbocycles. The van der Waals surface area contributed by atoms with Crippen molar-refractivity contribution in [2.24, 2.45) is 5.73 Å². The molecule has 0 aliphatic carbocycles. The zero-order chi connectivity index (χ0) is 14.0. The van der Waals surface area contributed by atoms with E-state index in [1.165, 1.54) is 38.1 Å². The second-order valence-corrected chi connectivity index (χ2v) is 5.91. The maximum Gasteiger partial charge on any atom is 0.241 e. The van der Waals surface area contributed by atoms with E-state index < -0.39 is 21.5 Å². The Morgan fingerprint density at radius 1 is 1.33 bits per heavy atom. The fourth-order valence-electron chi connectivity index (χ4n) is 1.15. The third-order valence-corrected chi connectivity index (χ3v) is 3.97. The lowest BCUT2D eigenvalue weighted by Gasteiger charge is -2.21. The zero-order valence-corrected chi connectivity index (χ0v) is 10.8. The highest BCUT2D eigenvalue weighted by atomic mass is 32.2. The monoisotopic (exact) mass is 267 g/mol. The first-order valence-electron chi connectivity index (χ1n) is 5.03. The van der Waals surface area contributed by atoms with Crippen LogP contribution in [0.3, 0.4) is 0 Å². The molecule has 0 heterocycles. The first-order valence-corrected chi connectivity index (χ1v) is 6.51. The SMILES string of the molecule is CC(C)(NS(=O)(=O)c1ccc(C#N)cc1)C(N)=O. The molecule has 0 fully saturated rings. The summed E-state index contributed by atoms with van der Waals surface area (Å²) in [5.41, 5.74) is 4.06. The molecule has 6 nitrogen and oxygen atoms in total. The van der Waals surface area contributed by atoms with Crippen molar-refractivity contribution >= 4 is 15.9 Å². The van der Waals surface area contributed by atoms with Crippen molar-refractivity contribution in [1.82, 2.24) is 4.72 Å². The molecule has 7 heteroatoms. The fraction of sp³-hybridized carbons (Fsp3) is 0.273. The van der Waals surface area contributed by atoms with E-state index >= 15 is 0 Å². The van der Waals surface area contributed by atoms with Crippen LogP contribution in [0.1, 0.15) is 19.4 Å². The molecule has 0 aliphatic rings. The summed E-state index contributed by atoms with van der Waals surface area (Å²) in [6, 6.07) is 7.22. The van der Waals surface area contributed by atoms with Gasteiger partial charge in [-0.3, -0.25) is 4.79 Å². The van der Waals surface area contributed by atoms with E-state index in [0.29, 0.717) is 5.56 Å². The lowest BCUT2D eigenvalue weighted by Crippen LogP contribution is -2.52. The zero-order valence-electron chi connectivity index (χ0n) is 9.97. The molecular formula is C11H13N3O3S. The third-order valence-electron chi connectivity index (χ3n) is 2.30. The Balaban J connectivity index is 3.08. The highest BCUT2D eigenvalue weighted by molar-refractivity contribution is 7.89. The van der Waals surface area contributed by atoms with Gasteiger partial charge in [-0.15, -0.1) is 0 Å². The minimum absolute atomic E-state index is 0.0316. The van der Waals surface area contributed by atoms with Gasteiger partial charge in [-0.2, -0.15) is 9.98 Å². The average molecular weight is 267 g/mol. The summed E-state index contributed by atoms with van der Waals surface area (Å²) in [6.45, 7) is 2.74. The second-order valence-electron chi connectivity index (χ2n) is 4.23. The Morgan fingerprint density at radius 2 is 1.83 bits per heavy atom. The van der Waals surface area contributed by atoms with Crippen LogP contribution in [0.15, 0.2) is 29.2 Å². The lowest BCUT2D eigenvalue weighted by molar-refractivity contribution is -0.122. The van der Waals surface area contributed by atoms with E-state index in [1.54, 1.807) is 0 Å². The molecule has 3 N–H and O–H groups in total. The van der Waals surface area contributed by atoms with Gasteiger partial charge in [0.15, 0.2) is 0 Å². The van der Waals surface area contributed by atoms with E-state index in [0.717, 1.165) is 0 Å². The van der Waals surface area contributed by atoms with E-state index in [-0.39, 0.29) is 4.90 Å². The summed E-state index contributed by atoms with van der Waals surface area (Å²) in [4.78, 5) is 11.1. The van der Waals surface area contributed by atoms with Crippen LogP contribution in [0, 0.1) is 11.3 Å². The van der Waals surface area contributed by atoms with Crippen molar-refractivity contribution in [2.45, 2.75) is 24.3 Å². The van der Waals surface area contributed by atoms with Gasteiger partial charge < -0.3 is 5.73 Å². The first kappa shape index (κ1) is 14.2. The average Bonchev–Trinajstić information content (AvgIpc) is 2.27. The highest BCUT2D eigenvalue weighted by Crippen LogP contribution is 2.13. The second kappa shape index (κ2) is 4.76. The minimum Gasteiger partial charge on any atom is -0.368 e. The van der Waals surface area contributed by atoms with Gasteiger partial charge in [0.2, 0.25) is 15.9 Å². The van der Waals surface area contributed by atoms with Gasteiger partial charge >= 0.3 is 0 Å². The van der Waals surface area contributed by atoms with Crippen LogP contribution in [-0.2, 0) is 14.8 Å². The number of carbonyl (C=O) groups is 1. The molecule has 0 aliphatic heterocycles. The minimum atomic E-state index is -3.85. The maximum absolute atomic E-state index is 12.0. The predicted molar refractivity (Wildman–Crippen MR) is 64.8 cm³/mol. The number of amides is 1. The number of hydrogen-bond donors (Lipinski definition) is 2. The van der Waals surface area contributed by atoms with Crippen molar-refractivity contribution in [1.29, 1.82) is 5.26 Å². The molecule has 1 aromatic rings. The van der Waals surface area contributed by atoms with E-state index in [9.17, 15) is 13.2 Å². The third kappa shape index (κ3) is 3.06. The van der Waals surface area contributed by atoms with Crippen LogP contribution < -0.4 is 10.5 Å². The van der Waals surface area contributed by atoms with Gasteiger partial charge in [-0.05, 0) is 38.1 Å². The summed E-state index contributed by atoms with van der Waals surface area (Å²) in [7, 11) is -3.85. The topological polar surface area (TPSA) is 113 Å².